The molecule has 180 valence electrons. The van der Waals surface area contributed by atoms with E-state index in [1.165, 1.54) is 108 Å². The number of carbonyl (C=O) groups excluding carboxylic acids is 1. The summed E-state index contributed by atoms with van der Waals surface area (Å²) in [5, 5.41) is 9.30. The first-order valence-corrected chi connectivity index (χ1v) is 13.4. The van der Waals surface area contributed by atoms with Gasteiger partial charge in [-0.2, -0.15) is 5.10 Å². The van der Waals surface area contributed by atoms with E-state index in [4.69, 9.17) is 0 Å². The average molecular weight is 442 g/mol. The Kier molecular flexibility index (Phi) is 13.8. The number of hydrogen-bond donors (Lipinski definition) is 1. The lowest BCUT2D eigenvalue weighted by Crippen LogP contribution is -2.19. The number of nitrogens with one attached hydrogen (secondary N) is 1. The monoisotopic (exact) mass is 441 g/mol. The lowest BCUT2D eigenvalue weighted by atomic mass is 10.0. The van der Waals surface area contributed by atoms with Crippen molar-refractivity contribution in [3.8, 4) is 0 Å². The van der Waals surface area contributed by atoms with Crippen molar-refractivity contribution in [2.45, 2.75) is 123 Å². The van der Waals surface area contributed by atoms with Gasteiger partial charge in [-0.1, -0.05) is 103 Å². The topological polar surface area (TPSA) is 44.7 Å². The van der Waals surface area contributed by atoms with E-state index in [0.717, 1.165) is 23.6 Å². The molecule has 4 heteroatoms. The molecule has 1 amide bonds. The van der Waals surface area contributed by atoms with E-state index in [9.17, 15) is 4.79 Å². The Bertz CT molecular complexity index is 653. The zero-order valence-corrected chi connectivity index (χ0v) is 20.8. The fourth-order valence-electron chi connectivity index (χ4n) is 4.38. The Morgan fingerprint density at radius 2 is 1.22 bits per heavy atom. The molecule has 4 nitrogen and oxygen atoms in total. The first-order chi connectivity index (χ1) is 15.7. The second-order valence-electron chi connectivity index (χ2n) is 9.49. The van der Waals surface area contributed by atoms with E-state index < -0.39 is 0 Å². The molecule has 1 aromatic carbocycles. The van der Waals surface area contributed by atoms with Crippen LogP contribution >= 0.6 is 0 Å². The van der Waals surface area contributed by atoms with Gasteiger partial charge in [0.15, 0.2) is 0 Å². The van der Waals surface area contributed by atoms with E-state index in [0.29, 0.717) is 6.42 Å². The number of amides is 1. The highest BCUT2D eigenvalue weighted by atomic mass is 16.2. The van der Waals surface area contributed by atoms with E-state index in [-0.39, 0.29) is 5.91 Å². The Labute approximate surface area is 197 Å². The molecule has 0 unspecified atom stereocenters. The summed E-state index contributed by atoms with van der Waals surface area (Å²) in [6, 6.07) is 8.02. The van der Waals surface area contributed by atoms with Crippen molar-refractivity contribution in [3.05, 3.63) is 24.3 Å². The molecule has 1 aliphatic rings. The summed E-state index contributed by atoms with van der Waals surface area (Å²) in [5.41, 5.74) is 2.84. The third-order valence-electron chi connectivity index (χ3n) is 6.39. The van der Waals surface area contributed by atoms with Gasteiger partial charge in [-0.15, -0.1) is 0 Å². The van der Waals surface area contributed by atoms with Gasteiger partial charge in [-0.05, 0) is 37.6 Å². The summed E-state index contributed by atoms with van der Waals surface area (Å²) in [4.78, 5) is 11.9. The summed E-state index contributed by atoms with van der Waals surface area (Å²) in [5.74, 6) is 0.0522. The van der Waals surface area contributed by atoms with Crippen LogP contribution in [0.4, 0.5) is 11.4 Å². The van der Waals surface area contributed by atoms with Gasteiger partial charge in [0.2, 0.25) is 0 Å². The van der Waals surface area contributed by atoms with Crippen molar-refractivity contribution in [2.75, 3.05) is 16.9 Å². The normalized spacial score (nSPS) is 13.6. The number of anilines is 2. The van der Waals surface area contributed by atoms with Crippen LogP contribution in [0.25, 0.3) is 0 Å². The molecule has 2 rings (SSSR count). The van der Waals surface area contributed by atoms with Gasteiger partial charge in [0, 0.05) is 17.9 Å². The predicted molar refractivity (Wildman–Crippen MR) is 140 cm³/mol. The minimum atomic E-state index is 0.0522. The molecule has 0 saturated heterocycles. The van der Waals surface area contributed by atoms with E-state index >= 15 is 0 Å². The van der Waals surface area contributed by atoms with Crippen LogP contribution in [0.3, 0.4) is 0 Å². The average Bonchev–Trinajstić information content (AvgIpc) is 3.14. The van der Waals surface area contributed by atoms with Crippen molar-refractivity contribution < 1.29 is 4.79 Å². The predicted octanol–water partition coefficient (Wildman–Crippen LogP) is 8.47. The molecule has 0 radical (unpaired) electrons. The fourth-order valence-corrected chi connectivity index (χ4v) is 4.38. The number of nitrogens with zero attached hydrogens (tertiary/aromatic N) is 2. The van der Waals surface area contributed by atoms with Gasteiger partial charge in [-0.3, -0.25) is 4.79 Å². The summed E-state index contributed by atoms with van der Waals surface area (Å²) in [6.45, 7) is 5.19. The molecule has 1 N–H and O–H groups in total. The summed E-state index contributed by atoms with van der Waals surface area (Å²) >= 11 is 0. The Hall–Kier alpha value is -1.84. The molecule has 0 bridgehead atoms. The van der Waals surface area contributed by atoms with Crippen LogP contribution in [-0.4, -0.2) is 18.2 Å². The van der Waals surface area contributed by atoms with Crippen LogP contribution in [0.2, 0.25) is 0 Å². The molecular formula is C28H47N3O. The molecule has 0 aliphatic carbocycles. The van der Waals surface area contributed by atoms with Gasteiger partial charge in [-0.25, -0.2) is 5.01 Å². The number of hydrogen-bond acceptors (Lipinski definition) is 3. The third kappa shape index (κ3) is 11.2. The number of benzene rings is 1. The van der Waals surface area contributed by atoms with Crippen LogP contribution in [0.5, 0.6) is 0 Å². The maximum atomic E-state index is 11.9. The van der Waals surface area contributed by atoms with E-state index in [1.807, 2.05) is 31.2 Å². The summed E-state index contributed by atoms with van der Waals surface area (Å²) < 4.78 is 0. The zero-order chi connectivity index (χ0) is 22.9. The van der Waals surface area contributed by atoms with Crippen molar-refractivity contribution in [2.24, 2.45) is 5.10 Å². The maximum absolute atomic E-state index is 11.9. The van der Waals surface area contributed by atoms with E-state index in [1.54, 1.807) is 0 Å². The molecule has 0 saturated carbocycles. The molecule has 32 heavy (non-hydrogen) atoms. The van der Waals surface area contributed by atoms with Crippen LogP contribution in [-0.2, 0) is 4.79 Å². The summed E-state index contributed by atoms with van der Waals surface area (Å²) in [7, 11) is 0. The molecule has 1 heterocycles. The smallest absolute Gasteiger partial charge is 0.253 e. The molecular weight excluding hydrogens is 394 g/mol. The first-order valence-electron chi connectivity index (χ1n) is 13.4. The molecule has 0 spiro atoms. The Morgan fingerprint density at radius 3 is 1.66 bits per heavy atom. The first kappa shape index (κ1) is 26.4. The molecule has 1 aliphatic heterocycles. The fraction of sp³-hybridized carbons (Fsp3) is 0.714. The highest BCUT2D eigenvalue weighted by Crippen LogP contribution is 2.22. The van der Waals surface area contributed by atoms with E-state index in [2.05, 4.69) is 17.3 Å². The van der Waals surface area contributed by atoms with Crippen LogP contribution in [0, 0.1) is 0 Å². The van der Waals surface area contributed by atoms with Crippen molar-refractivity contribution in [1.82, 2.24) is 0 Å². The van der Waals surface area contributed by atoms with Crippen molar-refractivity contribution in [3.63, 3.8) is 0 Å². The second kappa shape index (κ2) is 16.7. The number of hydrazone groups is 1. The third-order valence-corrected chi connectivity index (χ3v) is 6.39. The van der Waals surface area contributed by atoms with Gasteiger partial charge < -0.3 is 5.32 Å². The highest BCUT2D eigenvalue weighted by Gasteiger charge is 2.22. The lowest BCUT2D eigenvalue weighted by Gasteiger charge is -2.13. The van der Waals surface area contributed by atoms with Crippen LogP contribution in [0.15, 0.2) is 29.4 Å². The van der Waals surface area contributed by atoms with Crippen LogP contribution in [0.1, 0.15) is 123 Å². The molecule has 1 aromatic rings. The standard InChI is InChI=1S/C28H47N3O/c1-3-4-5-6-7-8-9-10-11-12-13-14-15-16-17-18-23-29-26-19-21-27(22-20-26)31-28(32)24-25(2)30-31/h19-22,29H,3-18,23-24H2,1-2H3. The SMILES string of the molecule is CCCCCCCCCCCCCCCCCCNc1ccc(N2N=C(C)CC2=O)cc1. The zero-order valence-electron chi connectivity index (χ0n) is 20.8. The van der Waals surface area contributed by atoms with Crippen molar-refractivity contribution >= 4 is 23.0 Å². The molecule has 0 fully saturated rings. The number of unbranched alkanes of at least 4 members (excludes halogenated alkanes) is 15. The second-order valence-corrected chi connectivity index (χ2v) is 9.49. The highest BCUT2D eigenvalue weighted by molar-refractivity contribution is 6.12. The Balaban J connectivity index is 1.36. The Morgan fingerprint density at radius 1 is 0.750 bits per heavy atom. The molecule has 0 aromatic heterocycles. The maximum Gasteiger partial charge on any atom is 0.253 e. The number of rotatable bonds is 19. The van der Waals surface area contributed by atoms with Gasteiger partial charge in [0.25, 0.3) is 5.91 Å². The van der Waals surface area contributed by atoms with Crippen LogP contribution < -0.4 is 10.3 Å². The molecule has 0 atom stereocenters. The van der Waals surface area contributed by atoms with Gasteiger partial charge in [0.05, 0.1) is 12.1 Å². The van der Waals surface area contributed by atoms with Crippen molar-refractivity contribution in [1.29, 1.82) is 0 Å². The minimum Gasteiger partial charge on any atom is -0.385 e. The lowest BCUT2D eigenvalue weighted by molar-refractivity contribution is -0.116. The minimum absolute atomic E-state index is 0.0522. The van der Waals surface area contributed by atoms with Gasteiger partial charge >= 0.3 is 0 Å². The summed E-state index contributed by atoms with van der Waals surface area (Å²) in [6.07, 6.45) is 22.9. The van der Waals surface area contributed by atoms with Gasteiger partial charge in [0.1, 0.15) is 0 Å². The number of carbonyl (C=O) groups is 1. The largest absolute Gasteiger partial charge is 0.385 e. The quantitative estimate of drug-likeness (QED) is 0.219.